The number of hydrogen-bond donors (Lipinski definition) is 0. The zero-order valence-corrected chi connectivity index (χ0v) is 21.2. The molecule has 33 heavy (non-hydrogen) atoms. The molecule has 0 spiro atoms. The standard InChI is InChI=1S/6BF4.Ba.Li.Tb/c6*2-1(3,4)5;;;/q6*-1;+2;+1;+3. The van der Waals surface area contributed by atoms with E-state index in [0.717, 1.165) is 0 Å². The molecule has 0 unspecified atom stereocenters. The zero-order chi connectivity index (χ0) is 27.0. The third kappa shape index (κ3) is 7550. The summed E-state index contributed by atoms with van der Waals surface area (Å²) in [6.45, 7) is 0. The van der Waals surface area contributed by atoms with E-state index < -0.39 is 43.5 Å². The first-order valence-electron chi connectivity index (χ1n) is 5.24. The van der Waals surface area contributed by atoms with Crippen LogP contribution >= 0.6 is 0 Å². The molecule has 0 saturated carbocycles. The average Bonchev–Trinajstić information content (AvgIpc) is 1.94. The van der Waals surface area contributed by atoms with E-state index in [1.165, 1.54) is 0 Å². The molecule has 0 rings (SSSR count). The van der Waals surface area contributed by atoms with Gasteiger partial charge in [-0.3, -0.25) is 0 Å². The minimum atomic E-state index is -6.00. The summed E-state index contributed by atoms with van der Waals surface area (Å²) in [6, 6.07) is 0. The summed E-state index contributed by atoms with van der Waals surface area (Å²) in [5.74, 6) is 0. The Bertz CT molecular complexity index is 227. The number of halogens is 24. The average molecular weight is 824 g/mol. The van der Waals surface area contributed by atoms with Crippen LogP contribution in [0.25, 0.3) is 0 Å². The fourth-order valence-corrected chi connectivity index (χ4v) is 0. The fourth-order valence-electron chi connectivity index (χ4n) is 0. The van der Waals surface area contributed by atoms with Gasteiger partial charge >= 0.3 is 150 Å². The van der Waals surface area contributed by atoms with E-state index in [1.54, 1.807) is 0 Å². The van der Waals surface area contributed by atoms with E-state index in [0.29, 0.717) is 0 Å². The van der Waals surface area contributed by atoms with Crippen LogP contribution in [0, 0.1) is 38.6 Å². The first-order chi connectivity index (χ1) is 12.0. The third-order valence-electron chi connectivity index (χ3n) is 0. The van der Waals surface area contributed by atoms with E-state index in [9.17, 15) is 104 Å². The maximum Gasteiger partial charge on any atom is 3.00 e. The Labute approximate surface area is 250 Å². The molecule has 0 aromatic rings. The predicted molar refractivity (Wildman–Crippen MR) is 66.9 cm³/mol. The molecule has 198 valence electrons. The Kier molecular flexibility index (Phi) is 46.9. The molecule has 0 fully saturated rings. The van der Waals surface area contributed by atoms with Gasteiger partial charge in [-0.25, -0.2) is 0 Å². The summed E-state index contributed by atoms with van der Waals surface area (Å²) < 4.78 is 234. The van der Waals surface area contributed by atoms with Crippen molar-refractivity contribution in [2.45, 2.75) is 0 Å². The molecule has 33 heteroatoms. The van der Waals surface area contributed by atoms with Crippen molar-refractivity contribution in [3.05, 3.63) is 0 Å². The molecule has 0 radical (unpaired) electrons. The van der Waals surface area contributed by atoms with Crippen LogP contribution in [0.3, 0.4) is 0 Å². The van der Waals surface area contributed by atoms with Crippen molar-refractivity contribution in [2.75, 3.05) is 0 Å². The fraction of sp³-hybridized carbons (Fsp3) is 0. The largest absolute Gasteiger partial charge is 3.00 e. The van der Waals surface area contributed by atoms with Gasteiger partial charge in [0.05, 0.1) is 0 Å². The van der Waals surface area contributed by atoms with Crippen molar-refractivity contribution >= 4 is 92.4 Å². The Morgan fingerprint density at radius 2 is 0.212 bits per heavy atom. The second-order valence-electron chi connectivity index (χ2n) is 2.97. The summed E-state index contributed by atoms with van der Waals surface area (Å²) in [5, 5.41) is 0. The molecule has 0 saturated heterocycles. The van der Waals surface area contributed by atoms with Crippen LogP contribution in [0.2, 0.25) is 0 Å². The predicted octanol–water partition coefficient (Wildman–Crippen LogP) is 4.42. The van der Waals surface area contributed by atoms with Crippen molar-refractivity contribution in [3.8, 4) is 0 Å². The van der Waals surface area contributed by atoms with Gasteiger partial charge in [-0.05, 0) is 0 Å². The minimum Gasteiger partial charge on any atom is -0.418 e. The normalized spacial score (nSPS) is 10.9. The molecule has 0 aliphatic carbocycles. The topological polar surface area (TPSA) is 0 Å². The SMILES string of the molecule is F[B-](F)(F)F.F[B-](F)(F)F.F[B-](F)(F)F.F[B-](F)(F)F.F[B-](F)(F)F.F[B-](F)(F)F.[Ba+2].[Li+].[Tb+3]. The van der Waals surface area contributed by atoms with E-state index >= 15 is 0 Å². The maximum atomic E-state index is 9.75. The van der Waals surface area contributed by atoms with Crippen LogP contribution in [0.15, 0.2) is 0 Å². The van der Waals surface area contributed by atoms with Gasteiger partial charge in [0, 0.05) is 0 Å². The molecule has 0 aliphatic heterocycles. The number of hydrogen-bond acceptors (Lipinski definition) is 0. The van der Waals surface area contributed by atoms with Crippen molar-refractivity contribution in [3.63, 3.8) is 0 Å². The minimum absolute atomic E-state index is 0. The van der Waals surface area contributed by atoms with Gasteiger partial charge in [0.15, 0.2) is 0 Å². The molecule has 0 heterocycles. The van der Waals surface area contributed by atoms with E-state index in [-0.39, 0.29) is 106 Å². The molecule has 0 bridgehead atoms. The Balaban J connectivity index is -0.0000000294. The van der Waals surface area contributed by atoms with Crippen LogP contribution in [0.5, 0.6) is 0 Å². The molecule has 0 atom stereocenters. The zero-order valence-electron chi connectivity index (χ0n) is 14.6. The van der Waals surface area contributed by atoms with Crippen molar-refractivity contribution in [1.82, 2.24) is 0 Å². The van der Waals surface area contributed by atoms with E-state index in [1.807, 2.05) is 0 Å². The number of rotatable bonds is 0. The third-order valence-corrected chi connectivity index (χ3v) is 0. The summed E-state index contributed by atoms with van der Waals surface area (Å²) in [7, 11) is -36.0. The van der Waals surface area contributed by atoms with Gasteiger partial charge < -0.3 is 104 Å². The van der Waals surface area contributed by atoms with Crippen molar-refractivity contribution in [1.29, 1.82) is 0 Å². The van der Waals surface area contributed by atoms with Crippen LogP contribution in [-0.4, -0.2) is 92.4 Å². The Hall–Kier alpha value is 2.16. The molecule has 0 amide bonds. The second kappa shape index (κ2) is 25.8. The van der Waals surface area contributed by atoms with Crippen LogP contribution in [0.1, 0.15) is 0 Å². The first kappa shape index (κ1) is 60.0. The summed E-state index contributed by atoms with van der Waals surface area (Å²) >= 11 is 0. The van der Waals surface area contributed by atoms with Crippen LogP contribution in [-0.2, 0) is 0 Å². The molecular formula is B6BaF24LiTb. The van der Waals surface area contributed by atoms with Gasteiger partial charge in [0.25, 0.3) is 0 Å². The first-order valence-corrected chi connectivity index (χ1v) is 5.24. The molecular weight excluding hydrogens is 824 g/mol. The quantitative estimate of drug-likeness (QED) is 0.251. The summed E-state index contributed by atoms with van der Waals surface area (Å²) in [5.41, 5.74) is 0. The second-order valence-corrected chi connectivity index (χ2v) is 2.97. The van der Waals surface area contributed by atoms with Gasteiger partial charge in [-0.1, -0.05) is 0 Å². The molecule has 0 aliphatic rings. The molecule has 0 aromatic carbocycles. The monoisotopic (exact) mass is 826 g/mol. The van der Waals surface area contributed by atoms with E-state index in [4.69, 9.17) is 0 Å². The van der Waals surface area contributed by atoms with Gasteiger partial charge in [-0.15, -0.1) is 0 Å². The van der Waals surface area contributed by atoms with E-state index in [2.05, 4.69) is 0 Å². The maximum absolute atomic E-state index is 9.75. The van der Waals surface area contributed by atoms with Gasteiger partial charge in [0.1, 0.15) is 0 Å². The smallest absolute Gasteiger partial charge is 0.418 e. The van der Waals surface area contributed by atoms with Crippen LogP contribution < -0.4 is 18.9 Å². The van der Waals surface area contributed by atoms with Gasteiger partial charge in [0.2, 0.25) is 0 Å². The Morgan fingerprint density at radius 3 is 0.212 bits per heavy atom. The molecule has 0 N–H and O–H groups in total. The van der Waals surface area contributed by atoms with Crippen molar-refractivity contribution in [2.24, 2.45) is 0 Å². The molecule has 0 aromatic heterocycles. The summed E-state index contributed by atoms with van der Waals surface area (Å²) in [4.78, 5) is 0. The Morgan fingerprint density at radius 1 is 0.212 bits per heavy atom. The van der Waals surface area contributed by atoms with Crippen LogP contribution in [0.4, 0.5) is 104 Å². The molecule has 0 nitrogen and oxygen atoms in total. The van der Waals surface area contributed by atoms with Gasteiger partial charge in [-0.2, -0.15) is 0 Å². The van der Waals surface area contributed by atoms with Crippen molar-refractivity contribution < 1.29 is 161 Å². The summed E-state index contributed by atoms with van der Waals surface area (Å²) in [6.07, 6.45) is 0.